The van der Waals surface area contributed by atoms with Crippen LogP contribution in [-0.4, -0.2) is 72.9 Å². The highest BCUT2D eigenvalue weighted by Gasteiger charge is 2.33. The Kier molecular flexibility index (Phi) is 10.1. The Labute approximate surface area is 207 Å². The van der Waals surface area contributed by atoms with Crippen molar-refractivity contribution in [3.63, 3.8) is 0 Å². The van der Waals surface area contributed by atoms with Crippen LogP contribution in [0.25, 0.3) is 0 Å². The minimum Gasteiger partial charge on any atom is -0.491 e. The number of hydrogen-bond acceptors (Lipinski definition) is 6. The molecular formula is C27H38N2O4S. The Morgan fingerprint density at radius 1 is 1.35 bits per heavy atom. The van der Waals surface area contributed by atoms with Crippen LogP contribution in [-0.2, 0) is 16.0 Å². The minimum atomic E-state index is -0.656. The van der Waals surface area contributed by atoms with Gasteiger partial charge in [0.2, 0.25) is 5.91 Å². The summed E-state index contributed by atoms with van der Waals surface area (Å²) in [6.07, 6.45) is 1.96. The lowest BCUT2D eigenvalue weighted by Crippen LogP contribution is -2.48. The van der Waals surface area contributed by atoms with Crippen molar-refractivity contribution in [3.05, 3.63) is 64.4 Å². The highest BCUT2D eigenvalue weighted by atomic mass is 32.1. The number of fused-ring (bicyclic) bond motifs is 1. The molecule has 0 radical (unpaired) electrons. The molecule has 0 fully saturated rings. The fraction of sp³-hybridized carbons (Fsp3) is 0.519. The van der Waals surface area contributed by atoms with E-state index in [4.69, 9.17) is 9.47 Å². The largest absolute Gasteiger partial charge is 0.491 e. The maximum absolute atomic E-state index is 13.5. The number of aliphatic hydroxyl groups is 1. The lowest BCUT2D eigenvalue weighted by molar-refractivity contribution is -0.136. The molecule has 34 heavy (non-hydrogen) atoms. The first-order chi connectivity index (χ1) is 16.4. The van der Waals surface area contributed by atoms with Crippen molar-refractivity contribution in [2.45, 2.75) is 39.3 Å². The maximum atomic E-state index is 13.5. The molecule has 0 aliphatic carbocycles. The van der Waals surface area contributed by atoms with Gasteiger partial charge in [0.05, 0.1) is 25.3 Å². The maximum Gasteiger partial charge on any atom is 0.237 e. The van der Waals surface area contributed by atoms with E-state index in [0.717, 1.165) is 17.7 Å². The summed E-state index contributed by atoms with van der Waals surface area (Å²) in [7, 11) is 0. The number of ether oxygens (including phenoxy) is 2. The van der Waals surface area contributed by atoms with Crippen molar-refractivity contribution in [2.75, 3.05) is 46.0 Å². The molecule has 2 atom stereocenters. The lowest BCUT2D eigenvalue weighted by Gasteiger charge is -2.37. The Hall–Kier alpha value is -2.19. The third kappa shape index (κ3) is 7.67. The standard InChI is InChI=1S/C27H38N2O4S/c1-5-11-28(15-22(30)18-32-17-20(2)3)16-27(31)29-12-9-26-24(10-13-34-26)25(29)19-33-23-8-6-7-21(4)14-23/h5-8,10,13-14,20,22,25,30H,1,9,11-12,15-19H2,2-4H3/t22-,25-/m0/s1. The predicted octanol–water partition coefficient (Wildman–Crippen LogP) is 4.08. The normalized spacial score (nSPS) is 16.5. The molecule has 2 heterocycles. The molecule has 0 saturated carbocycles. The summed E-state index contributed by atoms with van der Waals surface area (Å²) in [5.41, 5.74) is 2.32. The highest BCUT2D eigenvalue weighted by Crippen LogP contribution is 2.34. The second-order valence-electron chi connectivity index (χ2n) is 9.35. The molecular weight excluding hydrogens is 448 g/mol. The van der Waals surface area contributed by atoms with Crippen LogP contribution in [0.2, 0.25) is 0 Å². The predicted molar refractivity (Wildman–Crippen MR) is 137 cm³/mol. The molecule has 186 valence electrons. The number of benzene rings is 1. The smallest absolute Gasteiger partial charge is 0.237 e. The van der Waals surface area contributed by atoms with Crippen LogP contribution in [0.4, 0.5) is 0 Å². The van der Waals surface area contributed by atoms with Gasteiger partial charge in [0, 0.05) is 31.1 Å². The molecule has 0 saturated heterocycles. The van der Waals surface area contributed by atoms with Crippen molar-refractivity contribution in [2.24, 2.45) is 5.92 Å². The van der Waals surface area contributed by atoms with Crippen molar-refractivity contribution in [1.82, 2.24) is 9.80 Å². The van der Waals surface area contributed by atoms with Crippen LogP contribution in [0.5, 0.6) is 5.75 Å². The van der Waals surface area contributed by atoms with Gasteiger partial charge in [-0.15, -0.1) is 17.9 Å². The van der Waals surface area contributed by atoms with Crippen LogP contribution in [0.3, 0.4) is 0 Å². The molecule has 1 aliphatic rings. The second kappa shape index (κ2) is 13.0. The third-order valence-electron chi connectivity index (χ3n) is 5.79. The lowest BCUT2D eigenvalue weighted by atomic mass is 10.0. The van der Waals surface area contributed by atoms with Crippen LogP contribution in [0.15, 0.2) is 48.4 Å². The molecule has 7 heteroatoms. The zero-order valence-corrected chi connectivity index (χ0v) is 21.4. The molecule has 0 spiro atoms. The number of amides is 1. The average molecular weight is 487 g/mol. The van der Waals surface area contributed by atoms with E-state index in [-0.39, 0.29) is 25.1 Å². The number of nitrogens with zero attached hydrogens (tertiary/aromatic N) is 2. The number of rotatable bonds is 13. The average Bonchev–Trinajstić information content (AvgIpc) is 3.26. The number of hydrogen-bond donors (Lipinski definition) is 1. The Morgan fingerprint density at radius 2 is 2.18 bits per heavy atom. The van der Waals surface area contributed by atoms with Crippen LogP contribution >= 0.6 is 11.3 Å². The summed E-state index contributed by atoms with van der Waals surface area (Å²) in [6.45, 7) is 13.0. The molecule has 1 aromatic heterocycles. The first kappa shape index (κ1) is 26.4. The van der Waals surface area contributed by atoms with E-state index in [1.54, 1.807) is 17.4 Å². The van der Waals surface area contributed by atoms with E-state index >= 15 is 0 Å². The monoisotopic (exact) mass is 486 g/mol. The van der Waals surface area contributed by atoms with Gasteiger partial charge in [0.15, 0.2) is 0 Å². The van der Waals surface area contributed by atoms with Gasteiger partial charge in [0.25, 0.3) is 0 Å². The summed E-state index contributed by atoms with van der Waals surface area (Å²) >= 11 is 1.74. The number of aliphatic hydroxyl groups excluding tert-OH is 1. The molecule has 1 amide bonds. The van der Waals surface area contributed by atoms with Gasteiger partial charge in [-0.1, -0.05) is 32.1 Å². The molecule has 1 aromatic carbocycles. The number of carbonyl (C=O) groups excluding carboxylic acids is 1. The first-order valence-electron chi connectivity index (χ1n) is 12.0. The molecule has 1 aliphatic heterocycles. The van der Waals surface area contributed by atoms with Gasteiger partial charge in [-0.25, -0.2) is 0 Å². The van der Waals surface area contributed by atoms with E-state index in [0.29, 0.717) is 38.8 Å². The summed E-state index contributed by atoms with van der Waals surface area (Å²) in [5, 5.41) is 12.5. The van der Waals surface area contributed by atoms with Crippen molar-refractivity contribution in [1.29, 1.82) is 0 Å². The van der Waals surface area contributed by atoms with Crippen molar-refractivity contribution < 1.29 is 19.4 Å². The Balaban J connectivity index is 1.65. The molecule has 6 nitrogen and oxygen atoms in total. The van der Waals surface area contributed by atoms with Gasteiger partial charge in [0.1, 0.15) is 12.4 Å². The second-order valence-corrected chi connectivity index (χ2v) is 10.3. The molecule has 0 bridgehead atoms. The molecule has 2 aromatic rings. The van der Waals surface area contributed by atoms with Crippen LogP contribution < -0.4 is 4.74 Å². The number of aryl methyl sites for hydroxylation is 1. The molecule has 0 unspecified atom stereocenters. The van der Waals surface area contributed by atoms with E-state index in [1.165, 1.54) is 10.4 Å². The SMILES string of the molecule is C=CCN(CC(=O)N1CCc2sccc2[C@@H]1COc1cccc(C)c1)C[C@H](O)COCC(C)C. The van der Waals surface area contributed by atoms with Gasteiger partial charge in [-0.3, -0.25) is 9.69 Å². The summed E-state index contributed by atoms with van der Waals surface area (Å²) in [5.74, 6) is 1.26. The number of carbonyl (C=O) groups is 1. The topological polar surface area (TPSA) is 62.2 Å². The number of thiophene rings is 1. The summed E-state index contributed by atoms with van der Waals surface area (Å²) < 4.78 is 11.7. The van der Waals surface area contributed by atoms with Gasteiger partial charge in [-0.2, -0.15) is 0 Å². The minimum absolute atomic E-state index is 0.0341. The van der Waals surface area contributed by atoms with E-state index in [2.05, 4.69) is 31.9 Å². The zero-order chi connectivity index (χ0) is 24.5. The summed E-state index contributed by atoms with van der Waals surface area (Å²) in [6, 6.07) is 9.96. The van der Waals surface area contributed by atoms with E-state index < -0.39 is 6.10 Å². The van der Waals surface area contributed by atoms with Crippen LogP contribution in [0, 0.1) is 12.8 Å². The summed E-state index contributed by atoms with van der Waals surface area (Å²) in [4.78, 5) is 18.6. The van der Waals surface area contributed by atoms with Gasteiger partial charge < -0.3 is 19.5 Å². The van der Waals surface area contributed by atoms with Crippen LogP contribution in [0.1, 0.15) is 35.9 Å². The van der Waals surface area contributed by atoms with Gasteiger partial charge in [-0.05, 0) is 54.0 Å². The van der Waals surface area contributed by atoms with E-state index in [9.17, 15) is 9.90 Å². The fourth-order valence-corrected chi connectivity index (χ4v) is 5.14. The van der Waals surface area contributed by atoms with Crippen molar-refractivity contribution in [3.8, 4) is 5.75 Å². The third-order valence-corrected chi connectivity index (χ3v) is 6.79. The highest BCUT2D eigenvalue weighted by molar-refractivity contribution is 7.10. The first-order valence-corrected chi connectivity index (χ1v) is 12.9. The molecule has 1 N–H and O–H groups in total. The van der Waals surface area contributed by atoms with Gasteiger partial charge >= 0.3 is 0 Å². The van der Waals surface area contributed by atoms with Crippen molar-refractivity contribution >= 4 is 17.2 Å². The molecule has 3 rings (SSSR count). The van der Waals surface area contributed by atoms with E-state index in [1.807, 2.05) is 41.0 Å². The Morgan fingerprint density at radius 3 is 2.91 bits per heavy atom. The fourth-order valence-electron chi connectivity index (χ4n) is 4.21. The Bertz CT molecular complexity index is 929. The zero-order valence-electron chi connectivity index (χ0n) is 20.6. The quantitative estimate of drug-likeness (QED) is 0.432.